The van der Waals surface area contributed by atoms with Crippen molar-refractivity contribution in [3.8, 4) is 0 Å². The van der Waals surface area contributed by atoms with Crippen molar-refractivity contribution < 1.29 is 9.59 Å². The van der Waals surface area contributed by atoms with Crippen molar-refractivity contribution in [2.24, 2.45) is 0 Å². The van der Waals surface area contributed by atoms with E-state index in [1.54, 1.807) is 11.8 Å². The first-order valence-electron chi connectivity index (χ1n) is 10.6. The van der Waals surface area contributed by atoms with E-state index in [1.807, 2.05) is 35.0 Å². The Hall–Kier alpha value is -3.45. The van der Waals surface area contributed by atoms with E-state index in [4.69, 9.17) is 0 Å². The van der Waals surface area contributed by atoms with Gasteiger partial charge in [0.05, 0.1) is 12.2 Å². The lowest BCUT2D eigenvalue weighted by Crippen LogP contribution is -2.33. The van der Waals surface area contributed by atoms with E-state index >= 15 is 0 Å². The molecule has 2 aliphatic rings. The second-order valence-corrected chi connectivity index (χ2v) is 8.27. The first-order valence-corrected chi connectivity index (χ1v) is 10.6. The number of hydrogen-bond acceptors (Lipinski definition) is 4. The molecule has 31 heavy (non-hydrogen) atoms. The zero-order chi connectivity index (χ0) is 21.4. The first-order chi connectivity index (χ1) is 15.0. The van der Waals surface area contributed by atoms with Crippen molar-refractivity contribution in [1.29, 1.82) is 0 Å². The SMILES string of the molecule is CC(=O)c1ccc2c(c1)CN(C(=O)Nc1cc3n(n1)CCN(Cc1ccccc1)C3)C2. The lowest BCUT2D eigenvalue weighted by molar-refractivity contribution is 0.101. The molecule has 5 rings (SSSR count). The molecule has 0 unspecified atom stereocenters. The average molecular weight is 415 g/mol. The third kappa shape index (κ3) is 4.09. The van der Waals surface area contributed by atoms with Crippen LogP contribution >= 0.6 is 0 Å². The van der Waals surface area contributed by atoms with Crippen LogP contribution in [0.4, 0.5) is 10.6 Å². The molecular formula is C24H25N5O2. The summed E-state index contributed by atoms with van der Waals surface area (Å²) < 4.78 is 1.98. The number of amides is 2. The number of hydrogen-bond donors (Lipinski definition) is 1. The summed E-state index contributed by atoms with van der Waals surface area (Å²) in [5, 5.41) is 7.52. The summed E-state index contributed by atoms with van der Waals surface area (Å²) >= 11 is 0. The summed E-state index contributed by atoms with van der Waals surface area (Å²) in [6.07, 6.45) is 0. The number of anilines is 1. The Morgan fingerprint density at radius 3 is 2.58 bits per heavy atom. The molecule has 0 spiro atoms. The molecule has 7 heteroatoms. The van der Waals surface area contributed by atoms with E-state index in [2.05, 4.69) is 39.6 Å². The number of carbonyl (C=O) groups excluding carboxylic acids is 2. The maximum atomic E-state index is 12.8. The predicted molar refractivity (Wildman–Crippen MR) is 117 cm³/mol. The Labute approximate surface area is 181 Å². The molecule has 0 fully saturated rings. The molecular weight excluding hydrogens is 390 g/mol. The number of nitrogens with one attached hydrogen (secondary N) is 1. The molecule has 0 atom stereocenters. The van der Waals surface area contributed by atoms with Gasteiger partial charge in [-0.3, -0.25) is 19.7 Å². The fraction of sp³-hybridized carbons (Fsp3) is 0.292. The molecule has 0 bridgehead atoms. The highest BCUT2D eigenvalue weighted by atomic mass is 16.2. The molecule has 158 valence electrons. The molecule has 2 aromatic carbocycles. The maximum Gasteiger partial charge on any atom is 0.323 e. The van der Waals surface area contributed by atoms with Crippen molar-refractivity contribution in [3.05, 3.63) is 82.5 Å². The minimum Gasteiger partial charge on any atom is -0.316 e. The molecule has 0 aliphatic carbocycles. The van der Waals surface area contributed by atoms with E-state index in [1.165, 1.54) is 5.56 Å². The molecule has 1 aromatic heterocycles. The highest BCUT2D eigenvalue weighted by molar-refractivity contribution is 5.94. The predicted octanol–water partition coefficient (Wildman–Crippen LogP) is 3.65. The monoisotopic (exact) mass is 415 g/mol. The smallest absolute Gasteiger partial charge is 0.316 e. The summed E-state index contributed by atoms with van der Waals surface area (Å²) in [6.45, 7) is 6.04. The number of carbonyl (C=O) groups is 2. The Balaban J connectivity index is 1.22. The Kier molecular flexibility index (Phi) is 5.03. The molecule has 0 saturated heterocycles. The standard InChI is InChI=1S/C24H25N5O2/c1-17(30)19-7-8-20-14-28(15-21(20)11-19)24(31)25-23-12-22-16-27(9-10-29(22)26-23)13-18-5-3-2-4-6-18/h2-8,11-12H,9-10,13-16H2,1H3,(H,25,26,31). The minimum absolute atomic E-state index is 0.0376. The Morgan fingerprint density at radius 2 is 1.77 bits per heavy atom. The molecule has 2 aliphatic heterocycles. The van der Waals surface area contributed by atoms with Crippen molar-refractivity contribution in [1.82, 2.24) is 19.6 Å². The zero-order valence-electron chi connectivity index (χ0n) is 17.5. The van der Waals surface area contributed by atoms with Gasteiger partial charge < -0.3 is 4.90 Å². The third-order valence-corrected chi connectivity index (χ3v) is 5.98. The molecule has 0 radical (unpaired) electrons. The lowest BCUT2D eigenvalue weighted by atomic mass is 10.0. The van der Waals surface area contributed by atoms with Crippen LogP contribution in [-0.2, 0) is 32.7 Å². The maximum absolute atomic E-state index is 12.8. The molecule has 0 saturated carbocycles. The second-order valence-electron chi connectivity index (χ2n) is 8.27. The van der Waals surface area contributed by atoms with Crippen molar-refractivity contribution >= 4 is 17.6 Å². The summed E-state index contributed by atoms with van der Waals surface area (Å²) in [6, 6.07) is 17.9. The van der Waals surface area contributed by atoms with Crippen molar-refractivity contribution in [3.63, 3.8) is 0 Å². The summed E-state index contributed by atoms with van der Waals surface area (Å²) in [4.78, 5) is 28.6. The Morgan fingerprint density at radius 1 is 0.968 bits per heavy atom. The normalized spacial score (nSPS) is 15.5. The van der Waals surface area contributed by atoms with Crippen LogP contribution in [-0.4, -0.2) is 37.9 Å². The van der Waals surface area contributed by atoms with Gasteiger partial charge in [0.25, 0.3) is 0 Å². The molecule has 7 nitrogen and oxygen atoms in total. The number of urea groups is 1. The number of rotatable bonds is 4. The topological polar surface area (TPSA) is 70.5 Å². The van der Waals surface area contributed by atoms with Crippen LogP contribution in [0.5, 0.6) is 0 Å². The van der Waals surface area contributed by atoms with Gasteiger partial charge in [-0.25, -0.2) is 4.79 Å². The van der Waals surface area contributed by atoms with Crippen LogP contribution in [0.3, 0.4) is 0 Å². The number of aromatic nitrogens is 2. The van der Waals surface area contributed by atoms with Gasteiger partial charge in [-0.2, -0.15) is 5.10 Å². The van der Waals surface area contributed by atoms with Gasteiger partial charge in [-0.15, -0.1) is 0 Å². The number of nitrogens with zero attached hydrogens (tertiary/aromatic N) is 4. The van der Waals surface area contributed by atoms with E-state index in [0.29, 0.717) is 24.5 Å². The molecule has 2 amide bonds. The van der Waals surface area contributed by atoms with Gasteiger partial charge in [0.2, 0.25) is 0 Å². The highest BCUT2D eigenvalue weighted by Gasteiger charge is 2.25. The summed E-state index contributed by atoms with van der Waals surface area (Å²) in [5.74, 6) is 0.623. The summed E-state index contributed by atoms with van der Waals surface area (Å²) in [7, 11) is 0. The molecule has 1 N–H and O–H groups in total. The van der Waals surface area contributed by atoms with Gasteiger partial charge in [0.15, 0.2) is 11.6 Å². The van der Waals surface area contributed by atoms with E-state index < -0.39 is 0 Å². The zero-order valence-corrected chi connectivity index (χ0v) is 17.5. The van der Waals surface area contributed by atoms with Crippen LogP contribution in [0, 0.1) is 0 Å². The van der Waals surface area contributed by atoms with Crippen molar-refractivity contribution in [2.45, 2.75) is 39.6 Å². The van der Waals surface area contributed by atoms with Crippen LogP contribution in [0.2, 0.25) is 0 Å². The molecule has 3 aromatic rings. The van der Waals surface area contributed by atoms with E-state index in [-0.39, 0.29) is 11.8 Å². The van der Waals surface area contributed by atoms with E-state index in [9.17, 15) is 9.59 Å². The van der Waals surface area contributed by atoms with E-state index in [0.717, 1.165) is 43.0 Å². The van der Waals surface area contributed by atoms with Gasteiger partial charge in [0.1, 0.15) is 0 Å². The summed E-state index contributed by atoms with van der Waals surface area (Å²) in [5.41, 5.74) is 5.20. The first kappa shape index (κ1) is 19.5. The van der Waals surface area contributed by atoms with Crippen LogP contribution in [0.1, 0.15) is 39.7 Å². The largest absolute Gasteiger partial charge is 0.323 e. The van der Waals surface area contributed by atoms with Gasteiger partial charge >= 0.3 is 6.03 Å². The third-order valence-electron chi connectivity index (χ3n) is 5.98. The number of Topliss-reactive ketones (excluding diaryl/α,β-unsaturated/α-hetero) is 1. The highest BCUT2D eigenvalue weighted by Crippen LogP contribution is 2.25. The van der Waals surface area contributed by atoms with Gasteiger partial charge in [-0.1, -0.05) is 42.5 Å². The number of ketones is 1. The second kappa shape index (κ2) is 8.00. The van der Waals surface area contributed by atoms with Crippen LogP contribution in [0.25, 0.3) is 0 Å². The fourth-order valence-electron chi connectivity index (χ4n) is 4.30. The van der Waals surface area contributed by atoms with Crippen molar-refractivity contribution in [2.75, 3.05) is 11.9 Å². The molecule has 3 heterocycles. The lowest BCUT2D eigenvalue weighted by Gasteiger charge is -2.27. The Bertz CT molecular complexity index is 1140. The number of benzene rings is 2. The van der Waals surface area contributed by atoms with Crippen LogP contribution < -0.4 is 5.32 Å². The van der Waals surface area contributed by atoms with Crippen LogP contribution in [0.15, 0.2) is 54.6 Å². The average Bonchev–Trinajstić information content (AvgIpc) is 3.37. The quantitative estimate of drug-likeness (QED) is 0.661. The van der Waals surface area contributed by atoms with Gasteiger partial charge in [0, 0.05) is 44.4 Å². The minimum atomic E-state index is -0.169. The van der Waals surface area contributed by atoms with Gasteiger partial charge in [-0.05, 0) is 29.7 Å². The fourth-order valence-corrected chi connectivity index (χ4v) is 4.30. The number of fused-ring (bicyclic) bond motifs is 2.